The lowest BCUT2D eigenvalue weighted by atomic mass is 9.98. The van der Waals surface area contributed by atoms with Crippen LogP contribution in [0.4, 0.5) is 16.2 Å². The zero-order valence-corrected chi connectivity index (χ0v) is 16.8. The molecule has 1 fully saturated rings. The summed E-state index contributed by atoms with van der Waals surface area (Å²) in [5.74, 6) is -2.21. The maximum absolute atomic E-state index is 13.1. The number of rotatable bonds is 3. The summed E-state index contributed by atoms with van der Waals surface area (Å²) in [6, 6.07) is 12.4. The molecular weight excluding hydrogens is 416 g/mol. The number of benzene rings is 2. The largest absolute Gasteiger partial charge is 0.454 e. The molecule has 3 aliphatic heterocycles. The molecule has 0 saturated carbocycles. The van der Waals surface area contributed by atoms with Crippen LogP contribution in [0.2, 0.25) is 0 Å². The Morgan fingerprint density at radius 1 is 1.00 bits per heavy atom. The first-order chi connectivity index (χ1) is 15.4. The molecule has 3 aliphatic rings. The number of barbiturate groups is 1. The van der Waals surface area contributed by atoms with Crippen molar-refractivity contribution in [1.82, 2.24) is 5.32 Å². The fraction of sp³-hybridized carbons (Fsp3) is 0.136. The second kappa shape index (κ2) is 7.34. The molecule has 5 amide bonds. The van der Waals surface area contributed by atoms with Crippen molar-refractivity contribution in [2.24, 2.45) is 11.0 Å². The Hall–Kier alpha value is -4.47. The minimum Gasteiger partial charge on any atom is -0.454 e. The highest BCUT2D eigenvalue weighted by Crippen LogP contribution is 2.36. The predicted octanol–water partition coefficient (Wildman–Crippen LogP) is 1.96. The highest BCUT2D eigenvalue weighted by atomic mass is 16.7. The standard InChI is InChI=1S/C22H16N4O6/c1-12-15(21(29)26(24-12)13-5-3-2-4-6-13)10-16-19(27)23-22(30)25(20(16)28)14-7-8-17-18(9-14)32-11-31-17/h2-10,15H,11H2,1H3,(H,23,27,30)/b16-10-. The van der Waals surface area contributed by atoms with Crippen molar-refractivity contribution < 1.29 is 28.7 Å². The number of para-hydroxylation sites is 1. The maximum atomic E-state index is 13.1. The van der Waals surface area contributed by atoms with Gasteiger partial charge in [0.05, 0.1) is 23.0 Å². The van der Waals surface area contributed by atoms with Crippen LogP contribution in [0, 0.1) is 5.92 Å². The molecule has 5 rings (SSSR count). The predicted molar refractivity (Wildman–Crippen MR) is 112 cm³/mol. The lowest BCUT2D eigenvalue weighted by Crippen LogP contribution is -2.54. The summed E-state index contributed by atoms with van der Waals surface area (Å²) in [6.45, 7) is 1.66. The van der Waals surface area contributed by atoms with E-state index in [9.17, 15) is 19.2 Å². The summed E-state index contributed by atoms with van der Waals surface area (Å²) in [7, 11) is 0. The molecule has 1 saturated heterocycles. The fourth-order valence-corrected chi connectivity index (χ4v) is 3.63. The minimum atomic E-state index is -0.924. The zero-order chi connectivity index (χ0) is 22.4. The number of hydrogen-bond donors (Lipinski definition) is 1. The van der Waals surface area contributed by atoms with E-state index in [1.807, 2.05) is 6.07 Å². The quantitative estimate of drug-likeness (QED) is 0.585. The van der Waals surface area contributed by atoms with E-state index in [2.05, 4.69) is 10.4 Å². The van der Waals surface area contributed by atoms with E-state index in [0.29, 0.717) is 22.9 Å². The molecule has 1 atom stereocenters. The van der Waals surface area contributed by atoms with Crippen LogP contribution < -0.4 is 24.7 Å². The third-order valence-electron chi connectivity index (χ3n) is 5.23. The van der Waals surface area contributed by atoms with Gasteiger partial charge in [-0.3, -0.25) is 19.7 Å². The van der Waals surface area contributed by atoms with Gasteiger partial charge in [-0.25, -0.2) is 9.69 Å². The van der Waals surface area contributed by atoms with Gasteiger partial charge < -0.3 is 9.47 Å². The van der Waals surface area contributed by atoms with Gasteiger partial charge in [0, 0.05) is 6.07 Å². The SMILES string of the molecule is CC1=NN(c2ccccc2)C(=O)C1/C=C1/C(=O)NC(=O)N(c2ccc3c(c2)OCO3)C1=O. The highest BCUT2D eigenvalue weighted by Gasteiger charge is 2.40. The number of carbonyl (C=O) groups is 4. The Morgan fingerprint density at radius 3 is 2.53 bits per heavy atom. The molecule has 2 aromatic carbocycles. The van der Waals surface area contributed by atoms with Crippen LogP contribution in [0.3, 0.4) is 0 Å². The van der Waals surface area contributed by atoms with Gasteiger partial charge in [-0.15, -0.1) is 0 Å². The van der Waals surface area contributed by atoms with Crippen molar-refractivity contribution in [1.29, 1.82) is 0 Å². The van der Waals surface area contributed by atoms with Crippen LogP contribution in [-0.2, 0) is 14.4 Å². The van der Waals surface area contributed by atoms with Crippen LogP contribution in [0.25, 0.3) is 0 Å². The summed E-state index contributed by atoms with van der Waals surface area (Å²) in [4.78, 5) is 51.8. The molecule has 0 aromatic heterocycles. The molecule has 10 heteroatoms. The van der Waals surface area contributed by atoms with Gasteiger partial charge in [-0.1, -0.05) is 18.2 Å². The number of nitrogens with zero attached hydrogens (tertiary/aromatic N) is 3. The van der Waals surface area contributed by atoms with Crippen LogP contribution >= 0.6 is 0 Å². The summed E-state index contributed by atoms with van der Waals surface area (Å²) in [5, 5.41) is 7.64. The summed E-state index contributed by atoms with van der Waals surface area (Å²) < 4.78 is 10.5. The van der Waals surface area contributed by atoms with E-state index in [1.165, 1.54) is 23.2 Å². The number of amides is 5. The Labute approximate surface area is 181 Å². The molecule has 0 bridgehead atoms. The van der Waals surface area contributed by atoms with Gasteiger partial charge >= 0.3 is 6.03 Å². The Bertz CT molecular complexity index is 1240. The molecular formula is C22H16N4O6. The van der Waals surface area contributed by atoms with Crippen LogP contribution in [0.1, 0.15) is 6.92 Å². The number of ether oxygens (including phenoxy) is 2. The van der Waals surface area contributed by atoms with Gasteiger partial charge in [0.25, 0.3) is 17.7 Å². The monoisotopic (exact) mass is 432 g/mol. The number of hydrazone groups is 1. The number of fused-ring (bicyclic) bond motifs is 1. The van der Waals surface area contributed by atoms with E-state index < -0.39 is 29.7 Å². The maximum Gasteiger partial charge on any atom is 0.335 e. The minimum absolute atomic E-state index is 0.0306. The number of carbonyl (C=O) groups excluding carboxylic acids is 4. The molecule has 32 heavy (non-hydrogen) atoms. The van der Waals surface area contributed by atoms with Gasteiger partial charge in [-0.2, -0.15) is 10.1 Å². The highest BCUT2D eigenvalue weighted by molar-refractivity contribution is 6.38. The van der Waals surface area contributed by atoms with E-state index in [1.54, 1.807) is 37.3 Å². The second-order valence-corrected chi connectivity index (χ2v) is 7.22. The van der Waals surface area contributed by atoms with Crippen molar-refractivity contribution in [3.8, 4) is 11.5 Å². The number of urea groups is 1. The van der Waals surface area contributed by atoms with E-state index >= 15 is 0 Å². The van der Waals surface area contributed by atoms with Crippen LogP contribution in [0.15, 0.2) is 65.3 Å². The second-order valence-electron chi connectivity index (χ2n) is 7.22. The first kappa shape index (κ1) is 19.5. The first-order valence-electron chi connectivity index (χ1n) is 9.69. The third-order valence-corrected chi connectivity index (χ3v) is 5.23. The molecule has 160 valence electrons. The third kappa shape index (κ3) is 3.09. The smallest absolute Gasteiger partial charge is 0.335 e. The van der Waals surface area contributed by atoms with Gasteiger partial charge in [0.2, 0.25) is 6.79 Å². The normalized spacial score (nSPS) is 21.3. The first-order valence-corrected chi connectivity index (χ1v) is 9.69. The van der Waals surface area contributed by atoms with Gasteiger partial charge in [-0.05, 0) is 37.3 Å². The lowest BCUT2D eigenvalue weighted by molar-refractivity contribution is -0.122. The zero-order valence-electron chi connectivity index (χ0n) is 16.8. The molecule has 3 heterocycles. The Kier molecular flexibility index (Phi) is 4.47. The molecule has 1 unspecified atom stereocenters. The number of nitrogens with one attached hydrogen (secondary N) is 1. The molecule has 10 nitrogen and oxygen atoms in total. The fourth-order valence-electron chi connectivity index (χ4n) is 3.63. The van der Waals surface area contributed by atoms with Crippen molar-refractivity contribution in [3.63, 3.8) is 0 Å². The Morgan fingerprint density at radius 2 is 1.75 bits per heavy atom. The molecule has 0 spiro atoms. The lowest BCUT2D eigenvalue weighted by Gasteiger charge is -2.26. The molecule has 0 radical (unpaired) electrons. The average Bonchev–Trinajstić information content (AvgIpc) is 3.35. The topological polar surface area (TPSA) is 118 Å². The van der Waals surface area contributed by atoms with Crippen molar-refractivity contribution in [3.05, 3.63) is 60.2 Å². The summed E-state index contributed by atoms with van der Waals surface area (Å²) in [5.41, 5.74) is 0.849. The van der Waals surface area contributed by atoms with Crippen LogP contribution in [-0.4, -0.2) is 36.3 Å². The Balaban J connectivity index is 1.47. The van der Waals surface area contributed by atoms with Gasteiger partial charge in [0.1, 0.15) is 5.57 Å². The number of anilines is 2. The average molecular weight is 432 g/mol. The number of hydrogen-bond acceptors (Lipinski definition) is 7. The van der Waals surface area contributed by atoms with E-state index in [-0.39, 0.29) is 18.1 Å². The van der Waals surface area contributed by atoms with E-state index in [0.717, 1.165) is 4.90 Å². The van der Waals surface area contributed by atoms with Gasteiger partial charge in [0.15, 0.2) is 11.5 Å². The van der Waals surface area contributed by atoms with E-state index in [4.69, 9.17) is 9.47 Å². The molecule has 1 N–H and O–H groups in total. The molecule has 2 aromatic rings. The van der Waals surface area contributed by atoms with Crippen molar-refractivity contribution in [2.75, 3.05) is 16.7 Å². The number of imide groups is 2. The molecule has 0 aliphatic carbocycles. The van der Waals surface area contributed by atoms with Crippen molar-refractivity contribution in [2.45, 2.75) is 6.92 Å². The van der Waals surface area contributed by atoms with Crippen molar-refractivity contribution >= 4 is 40.8 Å². The van der Waals surface area contributed by atoms with Crippen LogP contribution in [0.5, 0.6) is 11.5 Å². The summed E-state index contributed by atoms with van der Waals surface area (Å²) >= 11 is 0. The summed E-state index contributed by atoms with van der Waals surface area (Å²) in [6.07, 6.45) is 1.24.